The normalized spacial score (nSPS) is 25.5. The summed E-state index contributed by atoms with van der Waals surface area (Å²) in [6.45, 7) is 4.64. The van der Waals surface area contributed by atoms with Gasteiger partial charge < -0.3 is 14.9 Å². The van der Waals surface area contributed by atoms with E-state index in [1.165, 1.54) is 12.1 Å². The summed E-state index contributed by atoms with van der Waals surface area (Å²) in [4.78, 5) is 57.3. The maximum atomic E-state index is 15.3. The third-order valence-corrected chi connectivity index (χ3v) is 11.6. The number of carbonyl (C=O) groups is 4. The number of halogens is 2. The smallest absolute Gasteiger partial charge is 0.262 e. The van der Waals surface area contributed by atoms with E-state index in [1.807, 2.05) is 4.90 Å². The summed E-state index contributed by atoms with van der Waals surface area (Å²) >= 11 is 0. The summed E-state index contributed by atoms with van der Waals surface area (Å²) < 4.78 is 54.5. The average Bonchev–Trinajstić information content (AvgIpc) is 3.47. The van der Waals surface area contributed by atoms with Crippen molar-refractivity contribution in [3.05, 3.63) is 52.3 Å². The van der Waals surface area contributed by atoms with Crippen LogP contribution < -0.4 is 15.1 Å². The van der Waals surface area contributed by atoms with Crippen molar-refractivity contribution in [2.75, 3.05) is 61.9 Å². The number of carbonyl (C=O) groups excluding carboxylic acids is 4. The fraction of sp³-hybridized carbons (Fsp3) is 0.515. The molecule has 1 unspecified atom stereocenters. The van der Waals surface area contributed by atoms with Crippen molar-refractivity contribution in [2.45, 2.75) is 55.3 Å². The van der Waals surface area contributed by atoms with E-state index in [0.717, 1.165) is 42.3 Å². The standard InChI is InChI=1S/C33H37F2N5O7S/c1-48(46,47)27-4-2-24(21-15-23(35)30(42)29(21)27)38-8-6-18(7-9-38)17-37-10-12-39(13-11-37)26-16-20-19(14-22(26)34)32(44)40(33(20)45)25-3-5-28(41)36-31(25)43/h2,4,14,16,18,23,25,30,42H,3,5-13,15,17H2,1H3,(H,36,41,43)/t23-,25?,30+/m0/s1. The maximum Gasteiger partial charge on any atom is 0.262 e. The van der Waals surface area contributed by atoms with E-state index in [1.54, 1.807) is 6.07 Å². The Morgan fingerprint density at radius 3 is 2.19 bits per heavy atom. The molecule has 0 aromatic heterocycles. The molecule has 3 saturated heterocycles. The summed E-state index contributed by atoms with van der Waals surface area (Å²) in [7, 11) is -3.63. The van der Waals surface area contributed by atoms with Gasteiger partial charge in [-0.3, -0.25) is 34.3 Å². The Morgan fingerprint density at radius 2 is 1.54 bits per heavy atom. The number of benzene rings is 2. The van der Waals surface area contributed by atoms with Gasteiger partial charge in [-0.2, -0.15) is 0 Å². The number of piperidine rings is 2. The first-order valence-electron chi connectivity index (χ1n) is 16.3. The van der Waals surface area contributed by atoms with Crippen LogP contribution in [0.2, 0.25) is 0 Å². The largest absolute Gasteiger partial charge is 0.385 e. The Hall–Kier alpha value is -3.95. The third kappa shape index (κ3) is 5.64. The second kappa shape index (κ2) is 12.2. The number of sulfone groups is 1. The SMILES string of the molecule is CS(=O)(=O)c1ccc(N2CCC(CN3CCN(c4cc5c(cc4F)C(=O)N(C4CCC(=O)NC4=O)C5=O)CC3)CC2)c2c1[C@H](O)[C@@H](F)C2. The van der Waals surface area contributed by atoms with Crippen LogP contribution >= 0.6 is 0 Å². The van der Waals surface area contributed by atoms with E-state index >= 15 is 4.39 Å². The number of amides is 4. The molecule has 4 heterocycles. The molecule has 2 aromatic carbocycles. The minimum Gasteiger partial charge on any atom is -0.385 e. The van der Waals surface area contributed by atoms with Crippen LogP contribution in [0.5, 0.6) is 0 Å². The van der Waals surface area contributed by atoms with E-state index in [9.17, 15) is 37.1 Å². The summed E-state index contributed by atoms with van der Waals surface area (Å²) in [6, 6.07) is 4.55. The first-order chi connectivity index (χ1) is 22.8. The van der Waals surface area contributed by atoms with Crippen molar-refractivity contribution < 1.29 is 41.5 Å². The molecule has 48 heavy (non-hydrogen) atoms. The Morgan fingerprint density at radius 1 is 0.896 bits per heavy atom. The minimum absolute atomic E-state index is 0.00152. The molecule has 0 radical (unpaired) electrons. The molecule has 15 heteroatoms. The van der Waals surface area contributed by atoms with Gasteiger partial charge in [-0.15, -0.1) is 0 Å². The minimum atomic E-state index is -3.63. The number of piperazine rings is 1. The predicted octanol–water partition coefficient (Wildman–Crippen LogP) is 1.60. The Balaban J connectivity index is 0.960. The summed E-state index contributed by atoms with van der Waals surface area (Å²) in [5.74, 6) is -2.83. The van der Waals surface area contributed by atoms with Gasteiger partial charge in [0.05, 0.1) is 21.7 Å². The number of nitrogens with one attached hydrogen (secondary N) is 1. The number of anilines is 2. The third-order valence-electron chi connectivity index (χ3n) is 10.4. The van der Waals surface area contributed by atoms with Crippen molar-refractivity contribution in [1.29, 1.82) is 0 Å². The van der Waals surface area contributed by atoms with Gasteiger partial charge in [0.15, 0.2) is 9.84 Å². The number of rotatable bonds is 6. The van der Waals surface area contributed by atoms with E-state index in [2.05, 4.69) is 15.1 Å². The van der Waals surface area contributed by atoms with Crippen molar-refractivity contribution in [3.8, 4) is 0 Å². The topological polar surface area (TPSA) is 148 Å². The monoisotopic (exact) mass is 685 g/mol. The molecule has 1 aliphatic carbocycles. The lowest BCUT2D eigenvalue weighted by molar-refractivity contribution is -0.136. The molecule has 12 nitrogen and oxygen atoms in total. The quantitative estimate of drug-likeness (QED) is 0.430. The molecular weight excluding hydrogens is 648 g/mol. The number of alkyl halides is 1. The van der Waals surface area contributed by atoms with E-state index in [4.69, 9.17) is 0 Å². The highest BCUT2D eigenvalue weighted by molar-refractivity contribution is 7.90. The molecule has 5 aliphatic rings. The zero-order valence-corrected chi connectivity index (χ0v) is 27.3. The first-order valence-corrected chi connectivity index (χ1v) is 18.2. The molecule has 256 valence electrons. The lowest BCUT2D eigenvalue weighted by Gasteiger charge is -2.40. The van der Waals surface area contributed by atoms with Crippen LogP contribution in [-0.4, -0.2) is 111 Å². The van der Waals surface area contributed by atoms with Gasteiger partial charge in [-0.1, -0.05) is 0 Å². The van der Waals surface area contributed by atoms with Gasteiger partial charge in [0, 0.05) is 76.2 Å². The van der Waals surface area contributed by atoms with Crippen LogP contribution in [0, 0.1) is 11.7 Å². The number of nitrogens with zero attached hydrogens (tertiary/aromatic N) is 4. The highest BCUT2D eigenvalue weighted by atomic mass is 32.2. The Kier molecular flexibility index (Phi) is 8.27. The second-order valence-corrected chi connectivity index (χ2v) is 15.4. The van der Waals surface area contributed by atoms with Crippen molar-refractivity contribution >= 4 is 44.8 Å². The number of imide groups is 2. The van der Waals surface area contributed by atoms with E-state index in [0.29, 0.717) is 50.7 Å². The van der Waals surface area contributed by atoms with Gasteiger partial charge in [0.2, 0.25) is 11.8 Å². The van der Waals surface area contributed by atoms with Crippen molar-refractivity contribution in [2.24, 2.45) is 5.92 Å². The summed E-state index contributed by atoms with van der Waals surface area (Å²) in [5, 5.41) is 12.6. The number of aliphatic hydroxyl groups is 1. The zero-order valence-electron chi connectivity index (χ0n) is 26.5. The number of hydrogen-bond donors (Lipinski definition) is 2. The van der Waals surface area contributed by atoms with Crippen molar-refractivity contribution in [3.63, 3.8) is 0 Å². The van der Waals surface area contributed by atoms with Crippen LogP contribution in [0.1, 0.15) is 63.6 Å². The fourth-order valence-electron chi connectivity index (χ4n) is 7.89. The van der Waals surface area contributed by atoms with Gasteiger partial charge in [0.25, 0.3) is 11.8 Å². The number of fused-ring (bicyclic) bond motifs is 2. The van der Waals surface area contributed by atoms with E-state index < -0.39 is 57.6 Å². The van der Waals surface area contributed by atoms with Crippen LogP contribution in [0.4, 0.5) is 20.2 Å². The van der Waals surface area contributed by atoms with E-state index in [-0.39, 0.29) is 46.5 Å². The predicted molar refractivity (Wildman–Crippen MR) is 170 cm³/mol. The summed E-state index contributed by atoms with van der Waals surface area (Å²) in [5.41, 5.74) is 1.71. The molecule has 0 spiro atoms. The molecule has 3 atom stereocenters. The summed E-state index contributed by atoms with van der Waals surface area (Å²) in [6.07, 6.45) is -0.172. The molecule has 0 bridgehead atoms. The zero-order chi connectivity index (χ0) is 34.1. The Bertz CT molecular complexity index is 1820. The molecular formula is C33H37F2N5O7S. The van der Waals surface area contributed by atoms with Crippen LogP contribution in [-0.2, 0) is 25.8 Å². The molecule has 4 aliphatic heterocycles. The molecule has 2 aromatic rings. The molecule has 0 saturated carbocycles. The first kappa shape index (κ1) is 32.6. The average molecular weight is 686 g/mol. The van der Waals surface area contributed by atoms with Crippen LogP contribution in [0.15, 0.2) is 29.2 Å². The highest BCUT2D eigenvalue weighted by Crippen LogP contribution is 2.43. The highest BCUT2D eigenvalue weighted by Gasteiger charge is 2.45. The number of aliphatic hydroxyl groups excluding tert-OH is 1. The van der Waals surface area contributed by atoms with Gasteiger partial charge in [-0.25, -0.2) is 17.2 Å². The molecule has 3 fully saturated rings. The van der Waals surface area contributed by atoms with Gasteiger partial charge in [-0.05, 0) is 55.0 Å². The van der Waals surface area contributed by atoms with Crippen LogP contribution in [0.25, 0.3) is 0 Å². The second-order valence-electron chi connectivity index (χ2n) is 13.4. The van der Waals surface area contributed by atoms with Crippen molar-refractivity contribution in [1.82, 2.24) is 15.1 Å². The van der Waals surface area contributed by atoms with Crippen LogP contribution in [0.3, 0.4) is 0 Å². The lowest BCUT2D eigenvalue weighted by atomic mass is 9.94. The Labute approximate surface area is 276 Å². The molecule has 4 amide bonds. The number of hydrogen-bond acceptors (Lipinski definition) is 10. The van der Waals surface area contributed by atoms with Gasteiger partial charge in [0.1, 0.15) is 24.1 Å². The van der Waals surface area contributed by atoms with Gasteiger partial charge >= 0.3 is 0 Å². The fourth-order valence-corrected chi connectivity index (χ4v) is 8.85. The molecule has 2 N–H and O–H groups in total. The maximum absolute atomic E-state index is 15.3. The molecule has 7 rings (SSSR count). The lowest BCUT2D eigenvalue weighted by Crippen LogP contribution is -2.54.